The van der Waals surface area contributed by atoms with Gasteiger partial charge in [0.15, 0.2) is 0 Å². The van der Waals surface area contributed by atoms with E-state index in [1.807, 2.05) is 54.6 Å². The van der Waals surface area contributed by atoms with Crippen LogP contribution < -0.4 is 0 Å². The minimum Gasteiger partial charge on any atom is -0.246 e. The molecule has 21 heavy (non-hydrogen) atoms. The van der Waals surface area contributed by atoms with Crippen molar-refractivity contribution in [2.24, 2.45) is 0 Å². The third-order valence-corrected chi connectivity index (χ3v) is 4.17. The Morgan fingerprint density at radius 2 is 1.76 bits per heavy atom. The van der Waals surface area contributed by atoms with E-state index in [1.165, 1.54) is 0 Å². The van der Waals surface area contributed by atoms with Crippen LogP contribution in [0.4, 0.5) is 0 Å². The number of para-hydroxylation sites is 1. The quantitative estimate of drug-likeness (QED) is 0.482. The minimum absolute atomic E-state index is 0.535. The molecule has 0 amide bonds. The first-order valence-electron chi connectivity index (χ1n) is 6.42. The van der Waals surface area contributed by atoms with E-state index in [2.05, 4.69) is 26.0 Å². The van der Waals surface area contributed by atoms with Crippen molar-refractivity contribution in [2.45, 2.75) is 0 Å². The lowest BCUT2D eigenvalue weighted by Gasteiger charge is -2.10. The van der Waals surface area contributed by atoms with Gasteiger partial charge in [0.05, 0.1) is 16.9 Å². The molecule has 0 saturated heterocycles. The van der Waals surface area contributed by atoms with Gasteiger partial charge in [0.25, 0.3) is 0 Å². The highest BCUT2D eigenvalue weighted by Gasteiger charge is 2.16. The molecule has 0 radical (unpaired) electrons. The lowest BCUT2D eigenvalue weighted by atomic mass is 10.2. The summed E-state index contributed by atoms with van der Waals surface area (Å²) < 4.78 is 2.74. The summed E-state index contributed by atoms with van der Waals surface area (Å²) in [4.78, 5) is 4.56. The van der Waals surface area contributed by atoms with Crippen LogP contribution in [-0.4, -0.2) is 14.8 Å². The maximum atomic E-state index is 6.35. The van der Waals surface area contributed by atoms with Crippen molar-refractivity contribution in [1.82, 2.24) is 14.8 Å². The Morgan fingerprint density at radius 1 is 1.00 bits per heavy atom. The molecule has 0 unspecified atom stereocenters. The molecule has 0 aromatic heterocycles. The molecule has 0 fully saturated rings. The highest BCUT2D eigenvalue weighted by molar-refractivity contribution is 9.10. The highest BCUT2D eigenvalue weighted by Crippen LogP contribution is 2.31. The summed E-state index contributed by atoms with van der Waals surface area (Å²) in [5.74, 6) is 0. The number of aromatic nitrogens is 3. The first-order chi connectivity index (χ1) is 10.2. The summed E-state index contributed by atoms with van der Waals surface area (Å²) in [6.07, 6.45) is 0. The van der Waals surface area contributed by atoms with Crippen molar-refractivity contribution < 1.29 is 0 Å². The highest BCUT2D eigenvalue weighted by atomic mass is 79.9. The third kappa shape index (κ3) is 2.11. The van der Waals surface area contributed by atoms with Crippen LogP contribution in [0.25, 0.3) is 28.0 Å². The number of fused-ring (bicyclic) bond motifs is 3. The monoisotopic (exact) mass is 357 g/mol. The molecule has 2 aliphatic rings. The molecule has 0 saturated carbocycles. The number of halogens is 2. The first-order valence-corrected chi connectivity index (χ1v) is 7.59. The Hall–Kier alpha value is -1.91. The Bertz CT molecular complexity index is 915. The van der Waals surface area contributed by atoms with Crippen molar-refractivity contribution in [3.8, 4) is 17.1 Å². The van der Waals surface area contributed by atoms with Gasteiger partial charge in [-0.15, -0.1) is 0 Å². The topological polar surface area (TPSA) is 30.7 Å². The summed E-state index contributed by atoms with van der Waals surface area (Å²) in [5.41, 5.74) is 3.52. The molecule has 0 spiro atoms. The van der Waals surface area contributed by atoms with Crippen molar-refractivity contribution in [2.75, 3.05) is 0 Å². The Labute approximate surface area is 134 Å². The van der Waals surface area contributed by atoms with E-state index in [4.69, 9.17) is 11.6 Å². The number of hydrogen-bond donors (Lipinski definition) is 0. The minimum atomic E-state index is 0.535. The van der Waals surface area contributed by atoms with Crippen LogP contribution in [0.15, 0.2) is 59.1 Å². The van der Waals surface area contributed by atoms with Gasteiger partial charge in [0.2, 0.25) is 0 Å². The van der Waals surface area contributed by atoms with Gasteiger partial charge in [-0.25, -0.2) is 9.67 Å². The zero-order valence-electron chi connectivity index (χ0n) is 10.8. The van der Waals surface area contributed by atoms with Gasteiger partial charge in [-0.2, -0.15) is 5.10 Å². The smallest absolute Gasteiger partial charge is 0.133 e. The molecule has 2 heterocycles. The second-order valence-electron chi connectivity index (χ2n) is 4.72. The lowest BCUT2D eigenvalue weighted by Crippen LogP contribution is -2.04. The van der Waals surface area contributed by atoms with Gasteiger partial charge in [0.1, 0.15) is 10.8 Å². The van der Waals surface area contributed by atoms with Gasteiger partial charge in [0, 0.05) is 15.9 Å². The second-order valence-corrected chi connectivity index (χ2v) is 6.02. The SMILES string of the molecule is Clc1cc2nc3ccccc3c-2nn1-c1ccc(Br)cc1. The van der Waals surface area contributed by atoms with Gasteiger partial charge >= 0.3 is 0 Å². The van der Waals surface area contributed by atoms with Crippen LogP contribution in [0, 0.1) is 0 Å². The van der Waals surface area contributed by atoms with Crippen LogP contribution in [0.1, 0.15) is 0 Å². The van der Waals surface area contributed by atoms with Crippen LogP contribution >= 0.6 is 27.5 Å². The molecule has 0 aliphatic carbocycles. The predicted octanol–water partition coefficient (Wildman–Crippen LogP) is 4.94. The van der Waals surface area contributed by atoms with Gasteiger partial charge < -0.3 is 0 Å². The molecule has 0 bridgehead atoms. The molecule has 102 valence electrons. The van der Waals surface area contributed by atoms with E-state index >= 15 is 0 Å². The Kier molecular flexibility index (Phi) is 2.94. The molecule has 5 heteroatoms. The predicted molar refractivity (Wildman–Crippen MR) is 88.2 cm³/mol. The Balaban J connectivity index is 2.01. The zero-order valence-corrected chi connectivity index (χ0v) is 13.1. The average molecular weight is 359 g/mol. The largest absolute Gasteiger partial charge is 0.246 e. The first kappa shape index (κ1) is 12.8. The van der Waals surface area contributed by atoms with Crippen molar-refractivity contribution in [3.05, 3.63) is 64.2 Å². The van der Waals surface area contributed by atoms with E-state index in [9.17, 15) is 0 Å². The molecule has 2 aliphatic heterocycles. The summed E-state index contributed by atoms with van der Waals surface area (Å²) in [7, 11) is 0. The zero-order chi connectivity index (χ0) is 14.4. The Morgan fingerprint density at radius 3 is 2.57 bits per heavy atom. The normalized spacial score (nSPS) is 11.3. The van der Waals surface area contributed by atoms with E-state index in [1.54, 1.807) is 4.68 Å². The maximum absolute atomic E-state index is 6.35. The molecule has 2 aromatic carbocycles. The van der Waals surface area contributed by atoms with Gasteiger partial charge in [-0.05, 0) is 30.3 Å². The molecule has 0 N–H and O–H groups in total. The summed E-state index contributed by atoms with van der Waals surface area (Å²) in [6.45, 7) is 0. The number of hydrogen-bond acceptors (Lipinski definition) is 2. The van der Waals surface area contributed by atoms with Crippen LogP contribution in [0.2, 0.25) is 5.15 Å². The molecule has 2 aromatic rings. The fourth-order valence-corrected chi connectivity index (χ4v) is 2.89. The van der Waals surface area contributed by atoms with Gasteiger partial charge in [-0.1, -0.05) is 45.7 Å². The van der Waals surface area contributed by atoms with E-state index < -0.39 is 0 Å². The molecule has 0 atom stereocenters. The van der Waals surface area contributed by atoms with Crippen LogP contribution in [0.5, 0.6) is 0 Å². The van der Waals surface area contributed by atoms with E-state index in [0.717, 1.165) is 32.5 Å². The summed E-state index contributed by atoms with van der Waals surface area (Å²) >= 11 is 9.78. The molecular formula is C16H9BrClN3. The van der Waals surface area contributed by atoms with Crippen LogP contribution in [-0.2, 0) is 0 Å². The van der Waals surface area contributed by atoms with Gasteiger partial charge in [-0.3, -0.25) is 0 Å². The third-order valence-electron chi connectivity index (χ3n) is 3.37. The van der Waals surface area contributed by atoms with E-state index in [0.29, 0.717) is 5.15 Å². The summed E-state index contributed by atoms with van der Waals surface area (Å²) in [5, 5.41) is 6.24. The molecular weight excluding hydrogens is 350 g/mol. The van der Waals surface area contributed by atoms with Crippen molar-refractivity contribution in [3.63, 3.8) is 0 Å². The lowest BCUT2D eigenvalue weighted by molar-refractivity contribution is 0.849. The van der Waals surface area contributed by atoms with Crippen molar-refractivity contribution in [1.29, 1.82) is 0 Å². The second kappa shape index (κ2) is 4.83. The molecule has 3 nitrogen and oxygen atoms in total. The standard InChI is InChI=1S/C16H9BrClN3/c17-10-5-7-11(8-6-10)21-15(18)9-14-16(20-21)12-3-1-2-4-13(12)19-14/h1-9H. The average Bonchev–Trinajstić information content (AvgIpc) is 2.84. The van der Waals surface area contributed by atoms with E-state index in [-0.39, 0.29) is 0 Å². The molecule has 4 rings (SSSR count). The van der Waals surface area contributed by atoms with Crippen molar-refractivity contribution >= 4 is 38.4 Å². The number of benzene rings is 2. The maximum Gasteiger partial charge on any atom is 0.133 e. The summed E-state index contributed by atoms with van der Waals surface area (Å²) in [6, 6.07) is 17.7. The fraction of sp³-hybridized carbons (Fsp3) is 0. The van der Waals surface area contributed by atoms with Crippen LogP contribution in [0.3, 0.4) is 0 Å². The number of rotatable bonds is 1. The fourth-order valence-electron chi connectivity index (χ4n) is 2.38. The number of nitrogens with zero attached hydrogens (tertiary/aromatic N) is 3.